The average Bonchev–Trinajstić information content (AvgIpc) is 2.40. The summed E-state index contributed by atoms with van der Waals surface area (Å²) < 4.78 is 13.4. The molecule has 0 spiro atoms. The van der Waals surface area contributed by atoms with E-state index >= 15 is 0 Å². The van der Waals surface area contributed by atoms with Crippen LogP contribution in [0, 0.1) is 5.82 Å². The molecule has 0 atom stereocenters. The van der Waals surface area contributed by atoms with Crippen LogP contribution in [-0.4, -0.2) is 71.5 Å². The summed E-state index contributed by atoms with van der Waals surface area (Å²) in [6.07, 6.45) is 0. The van der Waals surface area contributed by atoms with Gasteiger partial charge in [-0.05, 0) is 12.1 Å². The van der Waals surface area contributed by atoms with Gasteiger partial charge in [0.1, 0.15) is 5.82 Å². The highest BCUT2D eigenvalue weighted by Gasteiger charge is 2.34. The molecule has 1 aromatic rings. The number of para-hydroxylation sites is 1. The minimum atomic E-state index is -0.467. The lowest BCUT2D eigenvalue weighted by molar-refractivity contribution is 0.0393. The number of likely N-dealkylation sites (tertiary alicyclic amines) is 1. The summed E-state index contributed by atoms with van der Waals surface area (Å²) in [5.74, 6) is -0.467. The first kappa shape index (κ1) is 15.7. The average molecular weight is 297 g/mol. The first-order chi connectivity index (χ1) is 10.2. The third kappa shape index (κ3) is 3.90. The van der Waals surface area contributed by atoms with Crippen molar-refractivity contribution in [3.8, 4) is 0 Å². The Kier molecular flexibility index (Phi) is 5.49. The van der Waals surface area contributed by atoms with E-state index in [-0.39, 0.29) is 31.0 Å². The highest BCUT2D eigenvalue weighted by Crippen LogP contribution is 2.18. The van der Waals surface area contributed by atoms with Gasteiger partial charge in [-0.3, -0.25) is 4.90 Å². The maximum Gasteiger partial charge on any atom is 0.322 e. The van der Waals surface area contributed by atoms with Crippen molar-refractivity contribution in [2.45, 2.75) is 6.04 Å². The third-order valence-electron chi connectivity index (χ3n) is 3.56. The van der Waals surface area contributed by atoms with Crippen molar-refractivity contribution in [2.24, 2.45) is 0 Å². The van der Waals surface area contributed by atoms with E-state index in [1.807, 2.05) is 4.90 Å². The highest BCUT2D eigenvalue weighted by atomic mass is 19.1. The van der Waals surface area contributed by atoms with Crippen LogP contribution in [0.4, 0.5) is 14.9 Å². The Morgan fingerprint density at radius 1 is 1.29 bits per heavy atom. The van der Waals surface area contributed by atoms with Crippen LogP contribution in [0.5, 0.6) is 0 Å². The molecule has 1 aromatic carbocycles. The summed E-state index contributed by atoms with van der Waals surface area (Å²) >= 11 is 0. The van der Waals surface area contributed by atoms with Gasteiger partial charge >= 0.3 is 6.03 Å². The maximum atomic E-state index is 13.4. The molecule has 1 aliphatic rings. The van der Waals surface area contributed by atoms with Crippen LogP contribution in [0.1, 0.15) is 0 Å². The number of hydrogen-bond acceptors (Lipinski definition) is 4. The fraction of sp³-hybridized carbons (Fsp3) is 0.500. The Morgan fingerprint density at radius 2 is 1.90 bits per heavy atom. The highest BCUT2D eigenvalue weighted by molar-refractivity contribution is 5.90. The van der Waals surface area contributed by atoms with Gasteiger partial charge in [-0.1, -0.05) is 12.1 Å². The number of anilines is 1. The molecule has 0 aromatic heterocycles. The van der Waals surface area contributed by atoms with Gasteiger partial charge in [0.05, 0.1) is 18.9 Å². The summed E-state index contributed by atoms with van der Waals surface area (Å²) in [6.45, 7) is 1.96. The van der Waals surface area contributed by atoms with E-state index in [2.05, 4.69) is 5.32 Å². The molecule has 0 aliphatic carbocycles. The van der Waals surface area contributed by atoms with Crippen LogP contribution in [-0.2, 0) is 0 Å². The summed E-state index contributed by atoms with van der Waals surface area (Å²) in [5.41, 5.74) is 0.161. The lowest BCUT2D eigenvalue weighted by Gasteiger charge is -2.45. The number of benzene rings is 1. The topological polar surface area (TPSA) is 76.0 Å². The largest absolute Gasteiger partial charge is 0.395 e. The van der Waals surface area contributed by atoms with Crippen LogP contribution in [0.3, 0.4) is 0 Å². The molecule has 7 heteroatoms. The zero-order valence-electron chi connectivity index (χ0n) is 11.7. The van der Waals surface area contributed by atoms with Crippen molar-refractivity contribution in [3.05, 3.63) is 30.1 Å². The predicted molar refractivity (Wildman–Crippen MR) is 76.5 cm³/mol. The van der Waals surface area contributed by atoms with E-state index in [0.29, 0.717) is 26.2 Å². The van der Waals surface area contributed by atoms with Crippen LogP contribution in [0.2, 0.25) is 0 Å². The fourth-order valence-electron chi connectivity index (χ4n) is 2.34. The summed E-state index contributed by atoms with van der Waals surface area (Å²) in [6, 6.07) is 5.79. The van der Waals surface area contributed by atoms with E-state index in [1.165, 1.54) is 12.1 Å². The molecule has 1 saturated heterocycles. The third-order valence-corrected chi connectivity index (χ3v) is 3.56. The van der Waals surface area contributed by atoms with Crippen LogP contribution < -0.4 is 5.32 Å². The van der Waals surface area contributed by atoms with Gasteiger partial charge in [0, 0.05) is 32.2 Å². The molecule has 0 saturated carbocycles. The Labute approximate surface area is 122 Å². The number of amides is 2. The van der Waals surface area contributed by atoms with Gasteiger partial charge in [-0.2, -0.15) is 0 Å². The smallest absolute Gasteiger partial charge is 0.322 e. The molecule has 1 aliphatic heterocycles. The second-order valence-corrected chi connectivity index (χ2v) is 4.95. The Morgan fingerprint density at radius 3 is 2.48 bits per heavy atom. The summed E-state index contributed by atoms with van der Waals surface area (Å²) in [5, 5.41) is 20.5. The molecule has 0 radical (unpaired) electrons. The van der Waals surface area contributed by atoms with Crippen molar-refractivity contribution in [3.63, 3.8) is 0 Å². The Balaban J connectivity index is 1.83. The van der Waals surface area contributed by atoms with Crippen molar-refractivity contribution < 1.29 is 19.4 Å². The number of nitrogens with one attached hydrogen (secondary N) is 1. The zero-order chi connectivity index (χ0) is 15.2. The van der Waals surface area contributed by atoms with Crippen molar-refractivity contribution in [1.82, 2.24) is 9.80 Å². The number of nitrogens with zero attached hydrogens (tertiary/aromatic N) is 2. The van der Waals surface area contributed by atoms with Gasteiger partial charge in [0.2, 0.25) is 0 Å². The van der Waals surface area contributed by atoms with Crippen LogP contribution in [0.25, 0.3) is 0 Å². The van der Waals surface area contributed by atoms with Gasteiger partial charge in [0.25, 0.3) is 0 Å². The second-order valence-electron chi connectivity index (χ2n) is 4.95. The molecule has 2 amide bonds. The zero-order valence-corrected chi connectivity index (χ0v) is 11.7. The second kappa shape index (κ2) is 7.35. The van der Waals surface area contributed by atoms with E-state index in [1.54, 1.807) is 17.0 Å². The van der Waals surface area contributed by atoms with Gasteiger partial charge < -0.3 is 20.4 Å². The number of aliphatic hydroxyl groups excluding tert-OH is 2. The summed E-state index contributed by atoms with van der Waals surface area (Å²) in [7, 11) is 0. The molecule has 21 heavy (non-hydrogen) atoms. The fourth-order valence-corrected chi connectivity index (χ4v) is 2.34. The SMILES string of the molecule is O=C(Nc1ccccc1F)N1CC(N(CCO)CCO)C1. The number of rotatable bonds is 6. The van der Waals surface area contributed by atoms with Gasteiger partial charge in [0.15, 0.2) is 0 Å². The number of halogens is 1. The van der Waals surface area contributed by atoms with Crippen molar-refractivity contribution >= 4 is 11.7 Å². The number of carbonyl (C=O) groups is 1. The molecular weight excluding hydrogens is 277 g/mol. The quantitative estimate of drug-likeness (QED) is 0.707. The van der Waals surface area contributed by atoms with Crippen molar-refractivity contribution in [1.29, 1.82) is 0 Å². The molecule has 116 valence electrons. The normalized spacial score (nSPS) is 15.1. The molecule has 1 fully saturated rings. The lowest BCUT2D eigenvalue weighted by Crippen LogP contribution is -2.62. The molecule has 0 bridgehead atoms. The maximum absolute atomic E-state index is 13.4. The number of hydrogen-bond donors (Lipinski definition) is 3. The molecule has 3 N–H and O–H groups in total. The Hall–Kier alpha value is -1.70. The van der Waals surface area contributed by atoms with Crippen LogP contribution in [0.15, 0.2) is 24.3 Å². The van der Waals surface area contributed by atoms with Crippen molar-refractivity contribution in [2.75, 3.05) is 44.7 Å². The summed E-state index contributed by atoms with van der Waals surface area (Å²) in [4.78, 5) is 15.5. The predicted octanol–water partition coefficient (Wildman–Crippen LogP) is 0.328. The molecule has 6 nitrogen and oxygen atoms in total. The standard InChI is InChI=1S/C14H20FN3O3/c15-12-3-1-2-4-13(12)16-14(21)18-9-11(10-18)17(5-7-19)6-8-20/h1-4,11,19-20H,5-10H2,(H,16,21). The van der Waals surface area contributed by atoms with E-state index in [9.17, 15) is 9.18 Å². The van der Waals surface area contributed by atoms with E-state index < -0.39 is 5.82 Å². The van der Waals surface area contributed by atoms with Gasteiger partial charge in [-0.25, -0.2) is 9.18 Å². The van der Waals surface area contributed by atoms with E-state index in [4.69, 9.17) is 10.2 Å². The molecule has 0 unspecified atom stereocenters. The first-order valence-corrected chi connectivity index (χ1v) is 6.92. The number of carbonyl (C=O) groups excluding carboxylic acids is 1. The van der Waals surface area contributed by atoms with E-state index in [0.717, 1.165) is 0 Å². The molecule has 2 rings (SSSR count). The first-order valence-electron chi connectivity index (χ1n) is 6.92. The minimum absolute atomic E-state index is 0.0118. The lowest BCUT2D eigenvalue weighted by atomic mass is 10.1. The van der Waals surface area contributed by atoms with Crippen LogP contribution >= 0.6 is 0 Å². The number of aliphatic hydroxyl groups is 2. The molecular formula is C14H20FN3O3. The monoisotopic (exact) mass is 297 g/mol. The Bertz CT molecular complexity index is 474. The van der Waals surface area contributed by atoms with Gasteiger partial charge in [-0.15, -0.1) is 0 Å². The number of urea groups is 1. The molecule has 1 heterocycles. The minimum Gasteiger partial charge on any atom is -0.395 e.